The Morgan fingerprint density at radius 1 is 0.750 bits per heavy atom. The summed E-state index contributed by atoms with van der Waals surface area (Å²) in [5.41, 5.74) is 0.805. The van der Waals surface area contributed by atoms with E-state index in [4.69, 9.17) is 0 Å². The van der Waals surface area contributed by atoms with Gasteiger partial charge in [-0.1, -0.05) is 25.7 Å². The van der Waals surface area contributed by atoms with Crippen LogP contribution < -0.4 is 0 Å². The van der Waals surface area contributed by atoms with Gasteiger partial charge in [0.2, 0.25) is 0 Å². The van der Waals surface area contributed by atoms with Crippen molar-refractivity contribution in [2.24, 2.45) is 5.41 Å². The minimum absolute atomic E-state index is 0.805. The lowest BCUT2D eigenvalue weighted by molar-refractivity contribution is 0.254. The van der Waals surface area contributed by atoms with E-state index in [0.717, 1.165) is 5.41 Å². The maximum atomic E-state index is 2.21. The Morgan fingerprint density at radius 2 is 1.42 bits per heavy atom. The van der Waals surface area contributed by atoms with Crippen molar-refractivity contribution in [2.75, 3.05) is 11.5 Å². The molecule has 1 aliphatic heterocycles. The zero-order valence-electron chi connectivity index (χ0n) is 7.98. The molecule has 1 aliphatic carbocycles. The molecule has 2 aliphatic rings. The van der Waals surface area contributed by atoms with E-state index in [-0.39, 0.29) is 0 Å². The molecule has 0 aromatic heterocycles. The zero-order valence-corrected chi connectivity index (χ0v) is 8.80. The van der Waals surface area contributed by atoms with Crippen LogP contribution in [-0.4, -0.2) is 11.5 Å². The second kappa shape index (κ2) is 4.04. The van der Waals surface area contributed by atoms with Gasteiger partial charge in [-0.3, -0.25) is 0 Å². The molecule has 0 bridgehead atoms. The predicted octanol–water partition coefficient (Wildman–Crippen LogP) is 3.85. The molecule has 2 fully saturated rings. The van der Waals surface area contributed by atoms with Gasteiger partial charge in [-0.15, -0.1) is 0 Å². The van der Waals surface area contributed by atoms with Crippen molar-refractivity contribution in [3.8, 4) is 0 Å². The Balaban J connectivity index is 1.95. The molecular weight excluding hydrogens is 164 g/mol. The van der Waals surface area contributed by atoms with E-state index in [9.17, 15) is 0 Å². The Bertz CT molecular complexity index is 126. The van der Waals surface area contributed by atoms with Gasteiger partial charge in [-0.05, 0) is 42.6 Å². The van der Waals surface area contributed by atoms with E-state index in [0.29, 0.717) is 0 Å². The van der Waals surface area contributed by atoms with E-state index in [1.54, 1.807) is 19.3 Å². The highest BCUT2D eigenvalue weighted by atomic mass is 32.2. The summed E-state index contributed by atoms with van der Waals surface area (Å²) in [6, 6.07) is 0. The third kappa shape index (κ3) is 1.99. The second-order valence-electron chi connectivity index (χ2n) is 4.57. The highest BCUT2D eigenvalue weighted by Crippen LogP contribution is 2.44. The summed E-state index contributed by atoms with van der Waals surface area (Å²) in [6.07, 6.45) is 12.2. The van der Waals surface area contributed by atoms with Crippen LogP contribution in [0.2, 0.25) is 0 Å². The van der Waals surface area contributed by atoms with Gasteiger partial charge < -0.3 is 0 Å². The highest BCUT2D eigenvalue weighted by Gasteiger charge is 2.32. The van der Waals surface area contributed by atoms with Gasteiger partial charge in [0.1, 0.15) is 0 Å². The summed E-state index contributed by atoms with van der Waals surface area (Å²) < 4.78 is 0. The fourth-order valence-corrected chi connectivity index (χ4v) is 4.14. The molecule has 1 saturated carbocycles. The van der Waals surface area contributed by atoms with Gasteiger partial charge in [0.25, 0.3) is 0 Å². The van der Waals surface area contributed by atoms with Crippen molar-refractivity contribution in [1.82, 2.24) is 0 Å². The quantitative estimate of drug-likeness (QED) is 0.551. The summed E-state index contributed by atoms with van der Waals surface area (Å²) in [5, 5.41) is 0. The van der Waals surface area contributed by atoms with Gasteiger partial charge in [0.15, 0.2) is 0 Å². The number of thioether (sulfide) groups is 1. The van der Waals surface area contributed by atoms with E-state index in [2.05, 4.69) is 11.8 Å². The Labute approximate surface area is 80.5 Å². The standard InChI is InChI=1S/C11H20S/c1-2-4-7-11(6-3-1)8-5-9-12-10-11/h1-10H2. The van der Waals surface area contributed by atoms with E-state index >= 15 is 0 Å². The predicted molar refractivity (Wildman–Crippen MR) is 56.7 cm³/mol. The van der Waals surface area contributed by atoms with Gasteiger partial charge in [0.05, 0.1) is 0 Å². The van der Waals surface area contributed by atoms with Crippen molar-refractivity contribution in [1.29, 1.82) is 0 Å². The van der Waals surface area contributed by atoms with Crippen molar-refractivity contribution in [3.05, 3.63) is 0 Å². The van der Waals surface area contributed by atoms with Crippen LogP contribution in [0.4, 0.5) is 0 Å². The summed E-state index contributed by atoms with van der Waals surface area (Å²) in [6.45, 7) is 0. The third-order valence-electron chi connectivity index (χ3n) is 3.57. The van der Waals surface area contributed by atoms with Gasteiger partial charge in [0, 0.05) is 0 Å². The molecular formula is C11H20S. The van der Waals surface area contributed by atoms with Crippen molar-refractivity contribution in [3.63, 3.8) is 0 Å². The molecule has 0 atom stereocenters. The molecule has 12 heavy (non-hydrogen) atoms. The lowest BCUT2D eigenvalue weighted by Crippen LogP contribution is -2.26. The van der Waals surface area contributed by atoms with Gasteiger partial charge >= 0.3 is 0 Å². The number of hydrogen-bond donors (Lipinski definition) is 0. The molecule has 2 rings (SSSR count). The monoisotopic (exact) mass is 184 g/mol. The minimum Gasteiger partial charge on any atom is -0.161 e. The number of rotatable bonds is 0. The first-order valence-electron chi connectivity index (χ1n) is 5.49. The molecule has 0 amide bonds. The second-order valence-corrected chi connectivity index (χ2v) is 5.68. The Kier molecular flexibility index (Phi) is 3.00. The van der Waals surface area contributed by atoms with Crippen LogP contribution in [0.15, 0.2) is 0 Å². The number of hydrogen-bond acceptors (Lipinski definition) is 1. The van der Waals surface area contributed by atoms with Gasteiger partial charge in [-0.25, -0.2) is 0 Å². The molecule has 0 aromatic carbocycles. The topological polar surface area (TPSA) is 0 Å². The van der Waals surface area contributed by atoms with Crippen LogP contribution in [0.5, 0.6) is 0 Å². The molecule has 0 unspecified atom stereocenters. The Morgan fingerprint density at radius 3 is 2.00 bits per heavy atom. The summed E-state index contributed by atoms with van der Waals surface area (Å²) >= 11 is 2.21. The Hall–Kier alpha value is 0.350. The molecule has 1 spiro atoms. The lowest BCUT2D eigenvalue weighted by Gasteiger charge is -2.36. The van der Waals surface area contributed by atoms with E-state index in [1.807, 2.05) is 0 Å². The summed E-state index contributed by atoms with van der Waals surface area (Å²) in [4.78, 5) is 0. The first-order chi connectivity index (χ1) is 5.91. The van der Waals surface area contributed by atoms with Crippen LogP contribution in [0, 0.1) is 5.41 Å². The molecule has 0 aromatic rings. The molecule has 0 N–H and O–H groups in total. The maximum absolute atomic E-state index is 2.21. The highest BCUT2D eigenvalue weighted by molar-refractivity contribution is 7.99. The molecule has 70 valence electrons. The fourth-order valence-electron chi connectivity index (χ4n) is 2.78. The van der Waals surface area contributed by atoms with E-state index < -0.39 is 0 Å². The fraction of sp³-hybridized carbons (Fsp3) is 1.00. The first-order valence-corrected chi connectivity index (χ1v) is 6.65. The van der Waals surface area contributed by atoms with E-state index in [1.165, 1.54) is 43.6 Å². The van der Waals surface area contributed by atoms with Crippen LogP contribution in [0.1, 0.15) is 51.4 Å². The average Bonchev–Trinajstić information content (AvgIpc) is 2.33. The van der Waals surface area contributed by atoms with Crippen molar-refractivity contribution in [2.45, 2.75) is 51.4 Å². The molecule has 1 heterocycles. The van der Waals surface area contributed by atoms with Crippen molar-refractivity contribution >= 4 is 11.8 Å². The third-order valence-corrected chi connectivity index (χ3v) is 4.96. The smallest absolute Gasteiger partial charge is 0.00108 e. The van der Waals surface area contributed by atoms with Crippen LogP contribution in [0.25, 0.3) is 0 Å². The van der Waals surface area contributed by atoms with Crippen LogP contribution in [-0.2, 0) is 0 Å². The first kappa shape index (κ1) is 8.93. The molecule has 0 radical (unpaired) electrons. The molecule has 1 heteroatoms. The minimum atomic E-state index is 0.805. The van der Waals surface area contributed by atoms with Crippen molar-refractivity contribution < 1.29 is 0 Å². The summed E-state index contributed by atoms with van der Waals surface area (Å²) in [5.74, 6) is 2.91. The maximum Gasteiger partial charge on any atom is -0.00108 e. The zero-order chi connectivity index (χ0) is 8.28. The van der Waals surface area contributed by atoms with Crippen LogP contribution in [0.3, 0.4) is 0 Å². The SMILES string of the molecule is C1CCCC2(CC1)CCCSC2. The largest absolute Gasteiger partial charge is 0.161 e. The molecule has 1 saturated heterocycles. The average molecular weight is 184 g/mol. The van der Waals surface area contributed by atoms with Crippen LogP contribution >= 0.6 is 11.8 Å². The lowest BCUT2D eigenvalue weighted by atomic mass is 9.78. The normalized spacial score (nSPS) is 30.0. The molecule has 0 nitrogen and oxygen atoms in total. The summed E-state index contributed by atoms with van der Waals surface area (Å²) in [7, 11) is 0. The van der Waals surface area contributed by atoms with Gasteiger partial charge in [-0.2, -0.15) is 11.8 Å².